The van der Waals surface area contributed by atoms with Crippen LogP contribution >= 0.6 is 0 Å². The Bertz CT molecular complexity index is 1270. The molecule has 0 radical (unpaired) electrons. The van der Waals surface area contributed by atoms with E-state index in [0.717, 1.165) is 31.2 Å². The molecule has 0 unspecified atom stereocenters. The summed E-state index contributed by atoms with van der Waals surface area (Å²) >= 11 is 0. The van der Waals surface area contributed by atoms with Gasteiger partial charge in [-0.3, -0.25) is 4.72 Å². The Balaban J connectivity index is 1.42. The number of nitrogens with zero attached hydrogens (tertiary/aromatic N) is 1. The molecule has 2 amide bonds. The summed E-state index contributed by atoms with van der Waals surface area (Å²) in [5.74, 6) is 0.407. The number of urea groups is 1. The monoisotopic (exact) mass is 554 g/mol. The van der Waals surface area contributed by atoms with E-state index in [1.807, 2.05) is 12.1 Å². The molecule has 0 bridgehead atoms. The third-order valence-corrected chi connectivity index (χ3v) is 7.46. The van der Waals surface area contributed by atoms with Crippen LogP contribution in [0.25, 0.3) is 0 Å². The molecule has 7 N–H and O–H groups in total. The highest BCUT2D eigenvalue weighted by molar-refractivity contribution is 7.92. The number of carbonyl (C=O) groups excluding carboxylic acids is 1. The lowest BCUT2D eigenvalue weighted by molar-refractivity contribution is 0.175. The smallest absolute Gasteiger partial charge is 0.319 e. The molecule has 0 aliphatic rings. The van der Waals surface area contributed by atoms with Crippen LogP contribution in [0.1, 0.15) is 49.8 Å². The first kappa shape index (κ1) is 29.9. The molecule has 2 aromatic carbocycles. The van der Waals surface area contributed by atoms with Gasteiger partial charge in [0.2, 0.25) is 0 Å². The highest BCUT2D eigenvalue weighted by Crippen LogP contribution is 2.19. The van der Waals surface area contributed by atoms with Gasteiger partial charge in [-0.15, -0.1) is 0 Å². The first-order valence-electron chi connectivity index (χ1n) is 13.1. The van der Waals surface area contributed by atoms with E-state index in [1.165, 1.54) is 12.1 Å². The van der Waals surface area contributed by atoms with Gasteiger partial charge in [0.05, 0.1) is 11.0 Å². The molecule has 3 rings (SSSR count). The lowest BCUT2D eigenvalue weighted by atomic mass is 10.1. The lowest BCUT2D eigenvalue weighted by Gasteiger charge is -2.12. The molecule has 1 heterocycles. The summed E-state index contributed by atoms with van der Waals surface area (Å²) in [5, 5.41) is 18.9. The second kappa shape index (κ2) is 15.1. The van der Waals surface area contributed by atoms with E-state index in [0.29, 0.717) is 48.8 Å². The van der Waals surface area contributed by atoms with Crippen molar-refractivity contribution in [2.24, 2.45) is 0 Å². The topological polar surface area (TPSA) is 158 Å². The molecule has 0 fully saturated rings. The first-order valence-corrected chi connectivity index (χ1v) is 14.6. The average Bonchev–Trinajstić information content (AvgIpc) is 2.92. The van der Waals surface area contributed by atoms with Crippen molar-refractivity contribution in [1.29, 1.82) is 0 Å². The van der Waals surface area contributed by atoms with Crippen molar-refractivity contribution >= 4 is 33.2 Å². The van der Waals surface area contributed by atoms with Crippen molar-refractivity contribution < 1.29 is 18.3 Å². The fourth-order valence-electron chi connectivity index (χ4n) is 3.80. The molecule has 0 spiro atoms. The number of sulfonamides is 1. The minimum atomic E-state index is -3.79. The third-order valence-electron chi connectivity index (χ3n) is 6.07. The minimum Gasteiger partial charge on any atom is -0.387 e. The molecule has 0 saturated heterocycles. The highest BCUT2D eigenvalue weighted by atomic mass is 32.2. The largest absolute Gasteiger partial charge is 0.387 e. The molecule has 39 heavy (non-hydrogen) atoms. The summed E-state index contributed by atoms with van der Waals surface area (Å²) in [6, 6.07) is 16.2. The number of nitrogens with two attached hydrogens (primary N) is 1. The fourth-order valence-corrected chi connectivity index (χ4v) is 4.86. The number of hydrogen-bond acceptors (Lipinski definition) is 7. The Labute approximate surface area is 230 Å². The molecule has 210 valence electrons. The molecule has 0 aliphatic carbocycles. The Kier molecular flexibility index (Phi) is 11.5. The highest BCUT2D eigenvalue weighted by Gasteiger charge is 2.14. The van der Waals surface area contributed by atoms with Gasteiger partial charge in [0.1, 0.15) is 5.82 Å². The standard InChI is InChI=1S/C28H38N6O4S/c1-2-3-4-5-17-31-28(36)33-23-11-13-25(14-12-23)39(37,38)34-24-9-6-21(7-10-24)16-18-30-20-26(35)22-8-15-27(29)32-19-22/h6-15,19,26,30,34-35H,2-5,16-18,20H2,1H3,(H2,29,32)(H2,31,33,36)/t26-/m0/s1. The van der Waals surface area contributed by atoms with Crippen LogP contribution in [0.3, 0.4) is 0 Å². The van der Waals surface area contributed by atoms with Crippen LogP contribution < -0.4 is 26.4 Å². The van der Waals surface area contributed by atoms with Crippen LogP contribution in [0.5, 0.6) is 0 Å². The summed E-state index contributed by atoms with van der Waals surface area (Å²) in [5.41, 5.74) is 8.24. The van der Waals surface area contributed by atoms with Gasteiger partial charge >= 0.3 is 6.03 Å². The Morgan fingerprint density at radius 1 is 0.949 bits per heavy atom. The maximum atomic E-state index is 12.8. The molecule has 10 nitrogen and oxygen atoms in total. The Morgan fingerprint density at radius 3 is 2.33 bits per heavy atom. The van der Waals surface area contributed by atoms with E-state index in [2.05, 4.69) is 32.6 Å². The normalized spacial score (nSPS) is 12.1. The number of aliphatic hydroxyl groups is 1. The second-order valence-electron chi connectivity index (χ2n) is 9.25. The van der Waals surface area contributed by atoms with Crippen LogP contribution in [-0.4, -0.2) is 44.2 Å². The van der Waals surface area contributed by atoms with Gasteiger partial charge in [-0.2, -0.15) is 0 Å². The van der Waals surface area contributed by atoms with Gasteiger partial charge in [-0.05, 0) is 67.4 Å². The number of rotatable bonds is 15. The van der Waals surface area contributed by atoms with Crippen LogP contribution in [0.4, 0.5) is 22.0 Å². The van der Waals surface area contributed by atoms with Crippen molar-refractivity contribution in [3.8, 4) is 0 Å². The van der Waals surface area contributed by atoms with Gasteiger partial charge in [-0.1, -0.05) is 44.4 Å². The number of carbonyl (C=O) groups is 1. The second-order valence-corrected chi connectivity index (χ2v) is 10.9. The SMILES string of the molecule is CCCCCCNC(=O)Nc1ccc(S(=O)(=O)Nc2ccc(CCNC[C@H](O)c3ccc(N)nc3)cc2)cc1. The lowest BCUT2D eigenvalue weighted by Crippen LogP contribution is -2.29. The molecular formula is C28H38N6O4S. The Morgan fingerprint density at radius 2 is 1.67 bits per heavy atom. The summed E-state index contributed by atoms with van der Waals surface area (Å²) in [6.07, 6.45) is 5.87. The van der Waals surface area contributed by atoms with Gasteiger partial charge in [-0.25, -0.2) is 18.2 Å². The van der Waals surface area contributed by atoms with Gasteiger partial charge < -0.3 is 26.8 Å². The molecule has 1 atom stereocenters. The van der Waals surface area contributed by atoms with E-state index in [-0.39, 0.29) is 10.9 Å². The minimum absolute atomic E-state index is 0.0937. The third kappa shape index (κ3) is 10.2. The van der Waals surface area contributed by atoms with E-state index < -0.39 is 16.1 Å². The van der Waals surface area contributed by atoms with E-state index in [1.54, 1.807) is 42.6 Å². The zero-order chi connectivity index (χ0) is 28.1. The number of aromatic nitrogens is 1. The van der Waals surface area contributed by atoms with E-state index in [4.69, 9.17) is 5.73 Å². The average molecular weight is 555 g/mol. The van der Waals surface area contributed by atoms with E-state index in [9.17, 15) is 18.3 Å². The van der Waals surface area contributed by atoms with Gasteiger partial charge in [0.25, 0.3) is 10.0 Å². The summed E-state index contributed by atoms with van der Waals surface area (Å²) in [4.78, 5) is 16.1. The predicted octanol–water partition coefficient (Wildman–Crippen LogP) is 4.03. The maximum absolute atomic E-state index is 12.8. The Hall–Kier alpha value is -3.67. The maximum Gasteiger partial charge on any atom is 0.319 e. The van der Waals surface area contributed by atoms with Crippen LogP contribution in [0.2, 0.25) is 0 Å². The summed E-state index contributed by atoms with van der Waals surface area (Å²) in [7, 11) is -3.79. The van der Waals surface area contributed by atoms with Crippen LogP contribution in [0, 0.1) is 0 Å². The number of hydrogen-bond donors (Lipinski definition) is 6. The van der Waals surface area contributed by atoms with Crippen molar-refractivity contribution in [3.63, 3.8) is 0 Å². The number of unbranched alkanes of at least 4 members (excludes halogenated alkanes) is 3. The number of nitrogens with one attached hydrogen (secondary N) is 4. The number of benzene rings is 2. The number of anilines is 3. The molecule has 0 saturated carbocycles. The first-order chi connectivity index (χ1) is 18.8. The molecule has 11 heteroatoms. The van der Waals surface area contributed by atoms with Crippen LogP contribution in [-0.2, 0) is 16.4 Å². The molecule has 3 aromatic rings. The molecule has 0 aliphatic heterocycles. The van der Waals surface area contributed by atoms with Crippen molar-refractivity contribution in [2.45, 2.75) is 50.0 Å². The van der Waals surface area contributed by atoms with Gasteiger partial charge in [0, 0.05) is 36.2 Å². The number of aliphatic hydroxyl groups excluding tert-OH is 1. The number of pyridine rings is 1. The van der Waals surface area contributed by atoms with Crippen molar-refractivity contribution in [1.82, 2.24) is 15.6 Å². The van der Waals surface area contributed by atoms with Crippen LogP contribution in [0.15, 0.2) is 71.8 Å². The van der Waals surface area contributed by atoms with Crippen molar-refractivity contribution in [2.75, 3.05) is 35.4 Å². The quantitative estimate of drug-likeness (QED) is 0.155. The molecule has 1 aromatic heterocycles. The predicted molar refractivity (Wildman–Crippen MR) is 155 cm³/mol. The summed E-state index contributed by atoms with van der Waals surface area (Å²) in [6.45, 7) is 3.75. The zero-order valence-electron chi connectivity index (χ0n) is 22.2. The molecular weight excluding hydrogens is 516 g/mol. The fraction of sp³-hybridized carbons (Fsp3) is 0.357. The summed E-state index contributed by atoms with van der Waals surface area (Å²) < 4.78 is 28.2. The van der Waals surface area contributed by atoms with Crippen molar-refractivity contribution in [3.05, 3.63) is 78.0 Å². The number of amides is 2. The van der Waals surface area contributed by atoms with Gasteiger partial charge in [0.15, 0.2) is 0 Å². The zero-order valence-corrected chi connectivity index (χ0v) is 23.0. The van der Waals surface area contributed by atoms with E-state index >= 15 is 0 Å². The number of nitrogen functional groups attached to an aromatic ring is 1.